The Morgan fingerprint density at radius 2 is 2.00 bits per heavy atom. The molecule has 1 aromatic rings. The van der Waals surface area contributed by atoms with E-state index in [1.54, 1.807) is 0 Å². The molecule has 154 valence electrons. The van der Waals surface area contributed by atoms with Gasteiger partial charge in [0.2, 0.25) is 5.91 Å². The number of nitrogens with zero attached hydrogens (tertiary/aromatic N) is 3. The third-order valence-corrected chi connectivity index (χ3v) is 6.38. The molecule has 1 aromatic carbocycles. The van der Waals surface area contributed by atoms with Gasteiger partial charge in [0.15, 0.2) is 5.70 Å². The Hall–Kier alpha value is -2.63. The van der Waals surface area contributed by atoms with Crippen LogP contribution in [0, 0.1) is 10.1 Å². The molecular weight excluding hydrogens is 400 g/mol. The first-order chi connectivity index (χ1) is 14.0. The summed E-state index contributed by atoms with van der Waals surface area (Å²) in [5.41, 5.74) is 7.46. The van der Waals surface area contributed by atoms with Gasteiger partial charge in [-0.3, -0.25) is 19.8 Å². The van der Waals surface area contributed by atoms with Crippen molar-refractivity contribution in [1.82, 2.24) is 9.80 Å². The van der Waals surface area contributed by atoms with Crippen molar-refractivity contribution in [2.24, 2.45) is 5.73 Å². The molecule has 0 radical (unpaired) electrons. The summed E-state index contributed by atoms with van der Waals surface area (Å²) in [7, 11) is 0. The zero-order valence-corrected chi connectivity index (χ0v) is 16.3. The summed E-state index contributed by atoms with van der Waals surface area (Å²) in [4.78, 5) is 39.0. The Labute approximate surface area is 170 Å². The summed E-state index contributed by atoms with van der Waals surface area (Å²) >= 11 is 1.53. The van der Waals surface area contributed by atoms with Gasteiger partial charge in [-0.2, -0.15) is 0 Å². The smallest absolute Gasteiger partial charge is 0.357 e. The number of fused-ring (bicyclic) bond motifs is 1. The summed E-state index contributed by atoms with van der Waals surface area (Å²) in [5, 5.41) is 10.5. The van der Waals surface area contributed by atoms with E-state index in [0.717, 1.165) is 5.70 Å². The SMILES string of the molecule is NC1C(=O)N2C(C(=O)OCc3ccc([N+](=O)[O-])cc3)=C(N3CCOCC3)CS[C@H]12. The van der Waals surface area contributed by atoms with Crippen LogP contribution < -0.4 is 5.73 Å². The Balaban J connectivity index is 1.54. The number of hydrogen-bond acceptors (Lipinski definition) is 9. The van der Waals surface area contributed by atoms with Crippen molar-refractivity contribution in [2.45, 2.75) is 18.0 Å². The molecule has 10 nitrogen and oxygen atoms in total. The molecule has 1 unspecified atom stereocenters. The number of ether oxygens (including phenoxy) is 2. The number of esters is 1. The summed E-state index contributed by atoms with van der Waals surface area (Å²) in [6.07, 6.45) is 0. The molecule has 3 aliphatic rings. The van der Waals surface area contributed by atoms with Crippen molar-refractivity contribution in [3.05, 3.63) is 51.3 Å². The number of carbonyl (C=O) groups excluding carboxylic acids is 2. The van der Waals surface area contributed by atoms with Gasteiger partial charge in [-0.05, 0) is 17.7 Å². The normalized spacial score (nSPS) is 24.1. The maximum Gasteiger partial charge on any atom is 0.357 e. The summed E-state index contributed by atoms with van der Waals surface area (Å²) in [6, 6.07) is 5.16. The number of amides is 1. The van der Waals surface area contributed by atoms with Crippen molar-refractivity contribution in [3.8, 4) is 0 Å². The predicted octanol–water partition coefficient (Wildman–Crippen LogP) is 0.424. The van der Waals surface area contributed by atoms with Crippen LogP contribution in [0.1, 0.15) is 5.56 Å². The van der Waals surface area contributed by atoms with Crippen LogP contribution in [0.15, 0.2) is 35.7 Å². The Morgan fingerprint density at radius 1 is 1.31 bits per heavy atom. The zero-order chi connectivity index (χ0) is 20.5. The van der Waals surface area contributed by atoms with Gasteiger partial charge in [-0.1, -0.05) is 0 Å². The molecule has 0 aliphatic carbocycles. The number of rotatable bonds is 5. The molecule has 0 spiro atoms. The molecule has 2 saturated heterocycles. The van der Waals surface area contributed by atoms with Crippen LogP contribution in [-0.4, -0.2) is 70.1 Å². The fraction of sp³-hybridized carbons (Fsp3) is 0.444. The van der Waals surface area contributed by atoms with Crippen LogP contribution in [0.3, 0.4) is 0 Å². The number of non-ortho nitro benzene ring substituents is 1. The van der Waals surface area contributed by atoms with Gasteiger partial charge in [-0.15, -0.1) is 11.8 Å². The number of nitrogens with two attached hydrogens (primary N) is 1. The van der Waals surface area contributed by atoms with E-state index in [1.807, 2.05) is 4.90 Å². The molecule has 11 heteroatoms. The fourth-order valence-corrected chi connectivity index (χ4v) is 4.83. The lowest BCUT2D eigenvalue weighted by Crippen LogP contribution is -2.69. The lowest BCUT2D eigenvalue weighted by Gasteiger charge is -2.49. The molecule has 2 atom stereocenters. The molecule has 29 heavy (non-hydrogen) atoms. The van der Waals surface area contributed by atoms with Crippen molar-refractivity contribution >= 4 is 29.3 Å². The highest BCUT2D eigenvalue weighted by Gasteiger charge is 2.52. The Morgan fingerprint density at radius 3 is 2.66 bits per heavy atom. The number of thioether (sulfide) groups is 1. The minimum atomic E-state index is -0.622. The molecular formula is C18H20N4O6S. The third kappa shape index (κ3) is 3.68. The molecule has 3 heterocycles. The van der Waals surface area contributed by atoms with Crippen LogP contribution in [0.25, 0.3) is 0 Å². The molecule has 0 bridgehead atoms. The largest absolute Gasteiger partial charge is 0.456 e. The summed E-state index contributed by atoms with van der Waals surface area (Å²) < 4.78 is 10.8. The van der Waals surface area contributed by atoms with E-state index < -0.39 is 16.9 Å². The van der Waals surface area contributed by atoms with Gasteiger partial charge < -0.3 is 20.1 Å². The minimum absolute atomic E-state index is 0.0373. The van der Waals surface area contributed by atoms with E-state index in [-0.39, 0.29) is 29.3 Å². The molecule has 4 rings (SSSR count). The predicted molar refractivity (Wildman–Crippen MR) is 103 cm³/mol. The van der Waals surface area contributed by atoms with E-state index in [0.29, 0.717) is 37.6 Å². The maximum atomic E-state index is 13.0. The molecule has 3 aliphatic heterocycles. The van der Waals surface area contributed by atoms with Crippen LogP contribution in [0.5, 0.6) is 0 Å². The summed E-state index contributed by atoms with van der Waals surface area (Å²) in [5.74, 6) is -0.338. The topological polar surface area (TPSA) is 128 Å². The van der Waals surface area contributed by atoms with E-state index in [4.69, 9.17) is 15.2 Å². The fourth-order valence-electron chi connectivity index (χ4n) is 3.50. The maximum absolute atomic E-state index is 13.0. The lowest BCUT2D eigenvalue weighted by atomic mass is 10.1. The van der Waals surface area contributed by atoms with Crippen molar-refractivity contribution in [1.29, 1.82) is 0 Å². The highest BCUT2D eigenvalue weighted by atomic mass is 32.2. The second kappa shape index (κ2) is 8.01. The number of morpholine rings is 1. The quantitative estimate of drug-likeness (QED) is 0.312. The van der Waals surface area contributed by atoms with Crippen molar-refractivity contribution in [3.63, 3.8) is 0 Å². The summed E-state index contributed by atoms with van der Waals surface area (Å²) in [6.45, 7) is 2.32. The van der Waals surface area contributed by atoms with Crippen LogP contribution >= 0.6 is 11.8 Å². The number of nitro groups is 1. The second-order valence-corrected chi connectivity index (χ2v) is 7.93. The van der Waals surface area contributed by atoms with E-state index in [1.165, 1.54) is 40.9 Å². The Bertz CT molecular complexity index is 868. The molecule has 2 N–H and O–H groups in total. The van der Waals surface area contributed by atoms with E-state index in [2.05, 4.69) is 0 Å². The van der Waals surface area contributed by atoms with E-state index >= 15 is 0 Å². The Kier molecular flexibility index (Phi) is 5.43. The van der Waals surface area contributed by atoms with Gasteiger partial charge in [0.25, 0.3) is 5.69 Å². The number of β-lactam (4-membered cyclic amide) rings is 1. The van der Waals surface area contributed by atoms with Crippen LogP contribution in [0.4, 0.5) is 5.69 Å². The standard InChI is InChI=1S/C18H20N4O6S/c19-14-16(23)21-15(13(10-29-17(14)21)20-5-7-27-8-6-20)18(24)28-9-11-1-3-12(4-2-11)22(25)26/h1-4,14,17H,5-10,19H2/t14?,17-/m1/s1. The molecule has 0 aromatic heterocycles. The highest BCUT2D eigenvalue weighted by Crippen LogP contribution is 2.40. The van der Waals surface area contributed by atoms with Gasteiger partial charge in [0, 0.05) is 31.0 Å². The average molecular weight is 420 g/mol. The van der Waals surface area contributed by atoms with Crippen molar-refractivity contribution < 1.29 is 24.0 Å². The van der Waals surface area contributed by atoms with Gasteiger partial charge >= 0.3 is 5.97 Å². The lowest BCUT2D eigenvalue weighted by molar-refractivity contribution is -0.384. The molecule has 1 amide bonds. The number of hydrogen-bond donors (Lipinski definition) is 1. The molecule has 2 fully saturated rings. The highest BCUT2D eigenvalue weighted by molar-refractivity contribution is 8.00. The van der Waals surface area contributed by atoms with E-state index in [9.17, 15) is 19.7 Å². The average Bonchev–Trinajstić information content (AvgIpc) is 2.76. The van der Waals surface area contributed by atoms with Crippen LogP contribution in [0.2, 0.25) is 0 Å². The zero-order valence-electron chi connectivity index (χ0n) is 15.5. The number of nitro benzene ring substituents is 1. The molecule has 0 saturated carbocycles. The monoisotopic (exact) mass is 420 g/mol. The minimum Gasteiger partial charge on any atom is -0.456 e. The van der Waals surface area contributed by atoms with Gasteiger partial charge in [0.1, 0.15) is 18.0 Å². The second-order valence-electron chi connectivity index (χ2n) is 6.83. The first kappa shape index (κ1) is 19.7. The number of carbonyl (C=O) groups is 2. The van der Waals surface area contributed by atoms with Gasteiger partial charge in [-0.25, -0.2) is 4.79 Å². The van der Waals surface area contributed by atoms with Crippen LogP contribution in [-0.2, 0) is 25.7 Å². The first-order valence-electron chi connectivity index (χ1n) is 9.14. The van der Waals surface area contributed by atoms with Crippen molar-refractivity contribution in [2.75, 3.05) is 32.1 Å². The first-order valence-corrected chi connectivity index (χ1v) is 10.2. The van der Waals surface area contributed by atoms with Gasteiger partial charge in [0.05, 0.1) is 23.8 Å². The number of benzene rings is 1. The third-order valence-electron chi connectivity index (χ3n) is 5.09.